The van der Waals surface area contributed by atoms with E-state index < -0.39 is 0 Å². The van der Waals surface area contributed by atoms with Gasteiger partial charge in [-0.05, 0) is 54.6 Å². The number of nitrogens with zero attached hydrogens (tertiary/aromatic N) is 1. The molecule has 8 heteroatoms. The summed E-state index contributed by atoms with van der Waals surface area (Å²) in [7, 11) is 0. The van der Waals surface area contributed by atoms with Gasteiger partial charge in [-0.15, -0.1) is 11.8 Å². The van der Waals surface area contributed by atoms with Gasteiger partial charge in [-0.3, -0.25) is 14.5 Å². The number of para-hydroxylation sites is 1. The molecule has 1 heterocycles. The van der Waals surface area contributed by atoms with Gasteiger partial charge in [0.05, 0.1) is 5.75 Å². The number of carbonyl (C=O) groups is 2. The number of hydrogen-bond acceptors (Lipinski definition) is 4. The van der Waals surface area contributed by atoms with Crippen molar-refractivity contribution in [2.75, 3.05) is 22.6 Å². The summed E-state index contributed by atoms with van der Waals surface area (Å²) < 4.78 is 6.73. The van der Waals surface area contributed by atoms with Crippen molar-refractivity contribution in [1.29, 1.82) is 0 Å². The predicted octanol–water partition coefficient (Wildman–Crippen LogP) is 5.90. The molecule has 0 unspecified atom stereocenters. The summed E-state index contributed by atoms with van der Waals surface area (Å²) in [5.74, 6) is 0.653. The molecule has 1 aliphatic heterocycles. The molecule has 5 nitrogen and oxygen atoms in total. The smallest absolute Gasteiger partial charge is 0.262 e. The molecule has 3 aromatic carbocycles. The molecule has 0 aliphatic carbocycles. The van der Waals surface area contributed by atoms with Crippen LogP contribution in [0.1, 0.15) is 10.9 Å². The van der Waals surface area contributed by atoms with Crippen molar-refractivity contribution in [1.82, 2.24) is 0 Å². The van der Waals surface area contributed by atoms with Gasteiger partial charge in [0.1, 0.15) is 11.1 Å². The Balaban J connectivity index is 1.55. The Morgan fingerprint density at radius 3 is 2.61 bits per heavy atom. The molecule has 1 saturated heterocycles. The average Bonchev–Trinajstić information content (AvgIpc) is 3.15. The summed E-state index contributed by atoms with van der Waals surface area (Å²) in [6, 6.07) is 22.0. The molecular weight excluding hydrogens is 500 g/mol. The number of ether oxygens (including phenoxy) is 1. The first kappa shape index (κ1) is 21.7. The Morgan fingerprint density at radius 2 is 1.87 bits per heavy atom. The number of amides is 2. The maximum absolute atomic E-state index is 12.7. The molecule has 1 aliphatic rings. The molecule has 1 N–H and O–H groups in total. The molecule has 0 spiro atoms. The maximum atomic E-state index is 12.7. The van der Waals surface area contributed by atoms with Crippen molar-refractivity contribution >= 4 is 62.5 Å². The zero-order chi connectivity index (χ0) is 21.8. The molecular formula is C23H18BrClN2O3S. The number of anilines is 2. The number of rotatable bonds is 6. The second-order valence-corrected chi connectivity index (χ2v) is 9.21. The second-order valence-electron chi connectivity index (χ2n) is 6.79. The Bertz CT molecular complexity index is 1100. The number of hydrogen-bond donors (Lipinski definition) is 1. The lowest BCUT2D eigenvalue weighted by molar-refractivity contribution is -0.118. The Hall–Kier alpha value is -2.48. The highest BCUT2D eigenvalue weighted by atomic mass is 79.9. The van der Waals surface area contributed by atoms with Gasteiger partial charge in [0.25, 0.3) is 5.91 Å². The van der Waals surface area contributed by atoms with Gasteiger partial charge in [0, 0.05) is 26.4 Å². The molecule has 1 atom stereocenters. The van der Waals surface area contributed by atoms with Gasteiger partial charge in [0.2, 0.25) is 5.91 Å². The fourth-order valence-electron chi connectivity index (χ4n) is 3.24. The fraction of sp³-hybridized carbons (Fsp3) is 0.130. The van der Waals surface area contributed by atoms with Crippen molar-refractivity contribution in [3.8, 4) is 5.75 Å². The van der Waals surface area contributed by atoms with Crippen LogP contribution in [0.15, 0.2) is 77.3 Å². The van der Waals surface area contributed by atoms with Gasteiger partial charge in [-0.25, -0.2) is 0 Å². The van der Waals surface area contributed by atoms with Crippen LogP contribution >= 0.6 is 39.3 Å². The second kappa shape index (κ2) is 9.77. The Labute approximate surface area is 197 Å². The molecule has 31 heavy (non-hydrogen) atoms. The number of carbonyl (C=O) groups excluding carboxylic acids is 2. The summed E-state index contributed by atoms with van der Waals surface area (Å²) in [4.78, 5) is 26.7. The van der Waals surface area contributed by atoms with Crippen LogP contribution in [0.2, 0.25) is 5.02 Å². The van der Waals surface area contributed by atoms with E-state index in [4.69, 9.17) is 16.3 Å². The van der Waals surface area contributed by atoms with E-state index >= 15 is 0 Å². The molecule has 1 fully saturated rings. The molecule has 3 aromatic rings. The lowest BCUT2D eigenvalue weighted by Gasteiger charge is -2.26. The summed E-state index contributed by atoms with van der Waals surface area (Å²) >= 11 is 11.0. The van der Waals surface area contributed by atoms with Gasteiger partial charge < -0.3 is 10.1 Å². The molecule has 0 aromatic heterocycles. The van der Waals surface area contributed by atoms with Crippen molar-refractivity contribution in [3.63, 3.8) is 0 Å². The monoisotopic (exact) mass is 516 g/mol. The number of benzene rings is 3. The molecule has 0 radical (unpaired) electrons. The van der Waals surface area contributed by atoms with E-state index in [-0.39, 0.29) is 23.8 Å². The zero-order valence-electron chi connectivity index (χ0n) is 16.3. The summed E-state index contributed by atoms with van der Waals surface area (Å²) in [6.45, 7) is -0.143. The van der Waals surface area contributed by atoms with Crippen LogP contribution in [-0.2, 0) is 9.59 Å². The van der Waals surface area contributed by atoms with E-state index in [1.165, 1.54) is 11.8 Å². The topological polar surface area (TPSA) is 58.6 Å². The highest BCUT2D eigenvalue weighted by Crippen LogP contribution is 2.45. The van der Waals surface area contributed by atoms with E-state index in [0.717, 1.165) is 15.7 Å². The molecule has 0 saturated carbocycles. The van der Waals surface area contributed by atoms with Gasteiger partial charge >= 0.3 is 0 Å². The normalized spacial score (nSPS) is 15.7. The minimum absolute atomic E-state index is 0.00469. The van der Waals surface area contributed by atoms with Crippen LogP contribution in [0.25, 0.3) is 0 Å². The summed E-state index contributed by atoms with van der Waals surface area (Å²) in [5, 5.41) is 3.13. The minimum atomic E-state index is -0.279. The first-order valence-electron chi connectivity index (χ1n) is 9.47. The quantitative estimate of drug-likeness (QED) is 0.442. The highest BCUT2D eigenvalue weighted by Gasteiger charge is 2.36. The number of nitrogens with one attached hydrogen (secondary N) is 1. The van der Waals surface area contributed by atoms with Crippen molar-refractivity contribution in [2.24, 2.45) is 0 Å². The van der Waals surface area contributed by atoms with Crippen LogP contribution in [0.3, 0.4) is 0 Å². The average molecular weight is 518 g/mol. The largest absolute Gasteiger partial charge is 0.483 e. The van der Waals surface area contributed by atoms with Gasteiger partial charge in [0.15, 0.2) is 6.61 Å². The first-order chi connectivity index (χ1) is 15.0. The van der Waals surface area contributed by atoms with Crippen LogP contribution < -0.4 is 15.0 Å². The van der Waals surface area contributed by atoms with E-state index in [0.29, 0.717) is 22.2 Å². The van der Waals surface area contributed by atoms with Crippen molar-refractivity contribution < 1.29 is 14.3 Å². The summed E-state index contributed by atoms with van der Waals surface area (Å²) in [5.41, 5.74) is 2.28. The molecule has 4 rings (SSSR count). The predicted molar refractivity (Wildman–Crippen MR) is 129 cm³/mol. The summed E-state index contributed by atoms with van der Waals surface area (Å²) in [6.07, 6.45) is 0. The van der Waals surface area contributed by atoms with Crippen LogP contribution in [0.4, 0.5) is 11.4 Å². The highest BCUT2D eigenvalue weighted by molar-refractivity contribution is 9.10. The fourth-order valence-corrected chi connectivity index (χ4v) is 4.94. The standard InChI is InChI=1S/C23H18BrClN2O3S/c24-15-6-11-20(30-13-21(28)26-17-4-2-1-3-5-17)19(12-15)23-27(22(29)14-31-23)18-9-7-16(25)8-10-18/h1-12,23H,13-14H2,(H,26,28)/t23-/m0/s1. The van der Waals surface area contributed by atoms with Gasteiger partial charge in [-0.2, -0.15) is 0 Å². The van der Waals surface area contributed by atoms with E-state index in [1.54, 1.807) is 23.1 Å². The molecule has 2 amide bonds. The first-order valence-corrected chi connectivity index (χ1v) is 11.7. The molecule has 0 bridgehead atoms. The van der Waals surface area contributed by atoms with Gasteiger partial charge in [-0.1, -0.05) is 45.7 Å². The number of halogens is 2. The maximum Gasteiger partial charge on any atom is 0.262 e. The molecule has 158 valence electrons. The van der Waals surface area contributed by atoms with Crippen LogP contribution in [-0.4, -0.2) is 24.2 Å². The van der Waals surface area contributed by atoms with E-state index in [2.05, 4.69) is 21.2 Å². The Morgan fingerprint density at radius 1 is 1.13 bits per heavy atom. The van der Waals surface area contributed by atoms with Crippen molar-refractivity contribution in [2.45, 2.75) is 5.37 Å². The van der Waals surface area contributed by atoms with E-state index in [9.17, 15) is 9.59 Å². The Kier molecular flexibility index (Phi) is 6.85. The van der Waals surface area contributed by atoms with Crippen molar-refractivity contribution in [3.05, 3.63) is 87.9 Å². The minimum Gasteiger partial charge on any atom is -0.483 e. The lowest BCUT2D eigenvalue weighted by atomic mass is 10.1. The zero-order valence-corrected chi connectivity index (χ0v) is 19.4. The van der Waals surface area contributed by atoms with Crippen LogP contribution in [0.5, 0.6) is 5.75 Å². The lowest BCUT2D eigenvalue weighted by Crippen LogP contribution is -2.28. The third kappa shape index (κ3) is 5.23. The number of thioether (sulfide) groups is 1. The SMILES string of the molecule is O=C(COc1ccc(Br)cc1[C@@H]1SCC(=O)N1c1ccc(Cl)cc1)Nc1ccccc1. The van der Waals surface area contributed by atoms with Crippen LogP contribution in [0, 0.1) is 0 Å². The third-order valence-corrected chi connectivity index (χ3v) is 6.57. The third-order valence-electron chi connectivity index (χ3n) is 4.63. The van der Waals surface area contributed by atoms with E-state index in [1.807, 2.05) is 54.6 Å².